The van der Waals surface area contributed by atoms with Gasteiger partial charge in [-0.25, -0.2) is 15.0 Å². The third-order valence-electron chi connectivity index (χ3n) is 6.27. The highest BCUT2D eigenvalue weighted by atomic mass is 32.2. The number of nitrogens with zero attached hydrogens (tertiary/aromatic N) is 6. The molecule has 4 heterocycles. The number of hydrogen-bond donors (Lipinski definition) is 2. The van der Waals surface area contributed by atoms with E-state index in [0.29, 0.717) is 17.3 Å². The number of fused-ring (bicyclic) bond motifs is 1. The number of ether oxygens (including phenoxy) is 1. The van der Waals surface area contributed by atoms with Gasteiger partial charge in [0.1, 0.15) is 12.1 Å². The monoisotopic (exact) mass is 478 g/mol. The predicted molar refractivity (Wildman–Crippen MR) is 129 cm³/mol. The van der Waals surface area contributed by atoms with Crippen LogP contribution in [-0.4, -0.2) is 61.2 Å². The Morgan fingerprint density at radius 3 is 2.85 bits per heavy atom. The maximum Gasteiger partial charge on any atom is 0.209 e. The van der Waals surface area contributed by atoms with E-state index in [1.54, 1.807) is 13.3 Å². The Balaban J connectivity index is 1.48. The molecule has 0 unspecified atom stereocenters. The maximum atomic E-state index is 11.0. The molecule has 5 rings (SSSR count). The van der Waals surface area contributed by atoms with Crippen molar-refractivity contribution in [2.75, 3.05) is 25.9 Å². The smallest absolute Gasteiger partial charge is 0.209 e. The fraction of sp³-hybridized carbons (Fsp3) is 0.348. The SMILES string of the molecule is COc1ccc(-c2ccn[nH]2)c(Sc2nc3c(N)ncnc3n2CCC2CCN(C=O)CC2)c1. The highest BCUT2D eigenvalue weighted by Gasteiger charge is 2.22. The molecule has 4 aromatic rings. The molecule has 1 aromatic carbocycles. The summed E-state index contributed by atoms with van der Waals surface area (Å²) in [4.78, 5) is 27.3. The first-order valence-corrected chi connectivity index (χ1v) is 12.0. The van der Waals surface area contributed by atoms with E-state index in [1.807, 2.05) is 29.2 Å². The first-order valence-electron chi connectivity index (χ1n) is 11.2. The van der Waals surface area contributed by atoms with Gasteiger partial charge in [-0.15, -0.1) is 0 Å². The number of likely N-dealkylation sites (tertiary alicyclic amines) is 1. The molecule has 11 heteroatoms. The van der Waals surface area contributed by atoms with Crippen molar-refractivity contribution in [3.8, 4) is 17.0 Å². The topological polar surface area (TPSA) is 128 Å². The predicted octanol–water partition coefficient (Wildman–Crippen LogP) is 3.22. The van der Waals surface area contributed by atoms with E-state index in [-0.39, 0.29) is 0 Å². The van der Waals surface area contributed by atoms with Gasteiger partial charge in [0.15, 0.2) is 22.1 Å². The van der Waals surface area contributed by atoms with Gasteiger partial charge in [0.05, 0.1) is 12.8 Å². The van der Waals surface area contributed by atoms with Gasteiger partial charge < -0.3 is 19.9 Å². The summed E-state index contributed by atoms with van der Waals surface area (Å²) >= 11 is 1.54. The van der Waals surface area contributed by atoms with Gasteiger partial charge in [-0.3, -0.25) is 9.89 Å². The molecular weight excluding hydrogens is 452 g/mol. The summed E-state index contributed by atoms with van der Waals surface area (Å²) in [5.41, 5.74) is 9.39. The van der Waals surface area contributed by atoms with E-state index >= 15 is 0 Å². The third kappa shape index (κ3) is 4.43. The molecule has 1 amide bonds. The van der Waals surface area contributed by atoms with Crippen LogP contribution in [0.15, 0.2) is 46.8 Å². The normalized spacial score (nSPS) is 14.6. The van der Waals surface area contributed by atoms with Crippen molar-refractivity contribution in [1.29, 1.82) is 0 Å². The van der Waals surface area contributed by atoms with Crippen molar-refractivity contribution in [2.24, 2.45) is 5.92 Å². The second-order valence-electron chi connectivity index (χ2n) is 8.29. The van der Waals surface area contributed by atoms with Crippen LogP contribution in [0, 0.1) is 5.92 Å². The Morgan fingerprint density at radius 1 is 1.26 bits per heavy atom. The molecule has 3 aromatic heterocycles. The van der Waals surface area contributed by atoms with E-state index < -0.39 is 0 Å². The second-order valence-corrected chi connectivity index (χ2v) is 9.29. The van der Waals surface area contributed by atoms with Crippen molar-refractivity contribution < 1.29 is 9.53 Å². The van der Waals surface area contributed by atoms with Crippen LogP contribution in [0.5, 0.6) is 5.75 Å². The summed E-state index contributed by atoms with van der Waals surface area (Å²) in [5.74, 6) is 1.67. The summed E-state index contributed by atoms with van der Waals surface area (Å²) in [6.45, 7) is 2.38. The summed E-state index contributed by atoms with van der Waals surface area (Å²) in [7, 11) is 1.65. The van der Waals surface area contributed by atoms with Crippen molar-refractivity contribution in [3.05, 3.63) is 36.8 Å². The molecule has 0 aliphatic carbocycles. The van der Waals surface area contributed by atoms with E-state index in [1.165, 1.54) is 18.1 Å². The summed E-state index contributed by atoms with van der Waals surface area (Å²) in [6, 6.07) is 7.87. The number of nitrogens with one attached hydrogen (secondary N) is 1. The zero-order valence-electron chi connectivity index (χ0n) is 18.8. The fourth-order valence-electron chi connectivity index (χ4n) is 4.31. The van der Waals surface area contributed by atoms with Crippen LogP contribution >= 0.6 is 11.8 Å². The lowest BCUT2D eigenvalue weighted by Gasteiger charge is -2.29. The quantitative estimate of drug-likeness (QED) is 0.370. The average Bonchev–Trinajstić information content (AvgIpc) is 3.52. The zero-order chi connectivity index (χ0) is 23.5. The van der Waals surface area contributed by atoms with Gasteiger partial charge >= 0.3 is 0 Å². The van der Waals surface area contributed by atoms with Crippen LogP contribution in [0.25, 0.3) is 22.4 Å². The molecule has 176 valence electrons. The van der Waals surface area contributed by atoms with Crippen LogP contribution < -0.4 is 10.5 Å². The third-order valence-corrected chi connectivity index (χ3v) is 7.32. The molecule has 0 bridgehead atoms. The number of carbonyl (C=O) groups is 1. The number of nitrogen functional groups attached to an aromatic ring is 1. The van der Waals surface area contributed by atoms with Crippen LogP contribution in [0.3, 0.4) is 0 Å². The maximum absolute atomic E-state index is 11.0. The number of aromatic amines is 1. The highest BCUT2D eigenvalue weighted by Crippen LogP contribution is 2.39. The van der Waals surface area contributed by atoms with Crippen LogP contribution in [0.2, 0.25) is 0 Å². The molecule has 10 nitrogen and oxygen atoms in total. The number of amides is 1. The van der Waals surface area contributed by atoms with Gasteiger partial charge in [0.2, 0.25) is 6.41 Å². The lowest BCUT2D eigenvalue weighted by molar-refractivity contribution is -0.119. The first kappa shape index (κ1) is 22.2. The Labute approximate surface area is 200 Å². The lowest BCUT2D eigenvalue weighted by Crippen LogP contribution is -2.32. The first-order chi connectivity index (χ1) is 16.7. The number of aromatic nitrogens is 6. The number of piperidine rings is 1. The number of hydrogen-bond acceptors (Lipinski definition) is 8. The molecule has 0 spiro atoms. The van der Waals surface area contributed by atoms with Crippen molar-refractivity contribution >= 4 is 35.2 Å². The molecule has 0 saturated carbocycles. The molecule has 3 N–H and O–H groups in total. The number of carbonyl (C=O) groups excluding carboxylic acids is 1. The number of H-pyrrole nitrogens is 1. The summed E-state index contributed by atoms with van der Waals surface area (Å²) in [6.07, 6.45) is 7.14. The van der Waals surface area contributed by atoms with Gasteiger partial charge in [-0.1, -0.05) is 11.8 Å². The number of nitrogens with two attached hydrogens (primary N) is 1. The van der Waals surface area contributed by atoms with Crippen LogP contribution in [-0.2, 0) is 11.3 Å². The molecular formula is C23H26N8O2S. The molecule has 0 radical (unpaired) electrons. The lowest BCUT2D eigenvalue weighted by atomic mass is 9.94. The highest BCUT2D eigenvalue weighted by molar-refractivity contribution is 7.99. The molecule has 1 saturated heterocycles. The van der Waals surface area contributed by atoms with Gasteiger partial charge in [0.25, 0.3) is 0 Å². The van der Waals surface area contributed by atoms with E-state index in [4.69, 9.17) is 15.5 Å². The molecule has 0 atom stereocenters. The van der Waals surface area contributed by atoms with Crippen molar-refractivity contribution in [3.63, 3.8) is 0 Å². The number of imidazole rings is 1. The molecule has 1 fully saturated rings. The Morgan fingerprint density at radius 2 is 2.12 bits per heavy atom. The summed E-state index contributed by atoms with van der Waals surface area (Å²) in [5, 5.41) is 7.93. The minimum absolute atomic E-state index is 0.365. The number of benzene rings is 1. The van der Waals surface area contributed by atoms with Gasteiger partial charge in [0, 0.05) is 36.3 Å². The van der Waals surface area contributed by atoms with Crippen LogP contribution in [0.4, 0.5) is 5.82 Å². The van der Waals surface area contributed by atoms with Crippen molar-refractivity contribution in [1.82, 2.24) is 34.6 Å². The Bertz CT molecular complexity index is 1280. The molecule has 1 aliphatic heterocycles. The zero-order valence-corrected chi connectivity index (χ0v) is 19.7. The van der Waals surface area contributed by atoms with E-state index in [0.717, 1.165) is 78.0 Å². The van der Waals surface area contributed by atoms with Crippen LogP contribution in [0.1, 0.15) is 19.3 Å². The number of rotatable bonds is 8. The Hall–Kier alpha value is -3.60. The minimum Gasteiger partial charge on any atom is -0.497 e. The minimum atomic E-state index is 0.365. The van der Waals surface area contributed by atoms with Crippen molar-refractivity contribution in [2.45, 2.75) is 35.9 Å². The van der Waals surface area contributed by atoms with E-state index in [9.17, 15) is 4.79 Å². The average molecular weight is 479 g/mol. The number of aryl methyl sites for hydroxylation is 1. The molecule has 1 aliphatic rings. The summed E-state index contributed by atoms with van der Waals surface area (Å²) < 4.78 is 7.61. The Kier molecular flexibility index (Phi) is 6.35. The standard InChI is InChI=1S/C23H26N8O2S/c1-33-16-2-3-17(18-4-8-27-29-18)19(12-16)34-23-28-20-21(24)25-13-26-22(20)31(23)11-7-15-5-9-30(14-32)10-6-15/h2-4,8,12-15H,5-7,9-11H2,1H3,(H,27,29)(H2,24,25,26). The number of anilines is 1. The van der Waals surface area contributed by atoms with Gasteiger partial charge in [-0.05, 0) is 49.4 Å². The van der Waals surface area contributed by atoms with Gasteiger partial charge in [-0.2, -0.15) is 5.10 Å². The van der Waals surface area contributed by atoms with E-state index in [2.05, 4.69) is 24.7 Å². The largest absolute Gasteiger partial charge is 0.497 e. The number of methoxy groups -OCH3 is 1. The second kappa shape index (κ2) is 9.72. The molecule has 34 heavy (non-hydrogen) atoms. The fourth-order valence-corrected chi connectivity index (χ4v) is 5.40.